The number of fused-ring (bicyclic) bond motifs is 1. The quantitative estimate of drug-likeness (QED) is 0.926. The zero-order valence-electron chi connectivity index (χ0n) is 10.1. The molecule has 6 nitrogen and oxygen atoms in total. The highest BCUT2D eigenvalue weighted by molar-refractivity contribution is 9.10. The predicted molar refractivity (Wildman–Crippen MR) is 72.0 cm³/mol. The third kappa shape index (κ3) is 2.44. The van der Waals surface area contributed by atoms with E-state index in [2.05, 4.69) is 25.9 Å². The van der Waals surface area contributed by atoms with Crippen LogP contribution in [0, 0.1) is 0 Å². The van der Waals surface area contributed by atoms with E-state index in [0.717, 1.165) is 5.56 Å². The summed E-state index contributed by atoms with van der Waals surface area (Å²) < 4.78 is 11.6. The molecular formula is C13H9BrN2O4. The molecule has 0 bridgehead atoms. The maximum Gasteiger partial charge on any atom is 0.345 e. The summed E-state index contributed by atoms with van der Waals surface area (Å²) in [6.45, 7) is 0. The Morgan fingerprint density at radius 2 is 2.35 bits per heavy atom. The molecule has 0 aliphatic carbocycles. The Kier molecular flexibility index (Phi) is 3.27. The summed E-state index contributed by atoms with van der Waals surface area (Å²) in [4.78, 5) is 18.8. The molecule has 3 rings (SSSR count). The molecule has 0 fully saturated rings. The molecule has 0 spiro atoms. The predicted octanol–water partition coefficient (Wildman–Crippen LogP) is 2.42. The van der Waals surface area contributed by atoms with Gasteiger partial charge in [-0.15, -0.1) is 0 Å². The zero-order chi connectivity index (χ0) is 14.1. The van der Waals surface area contributed by atoms with Gasteiger partial charge in [-0.3, -0.25) is 0 Å². The number of aliphatic carboxylic acids is 1. The van der Waals surface area contributed by atoms with Crippen LogP contribution in [-0.2, 0) is 11.2 Å². The number of hydrogen-bond donors (Lipinski definition) is 1. The van der Waals surface area contributed by atoms with Crippen molar-refractivity contribution in [2.24, 2.45) is 0 Å². The molecule has 1 unspecified atom stereocenters. The Hall–Kier alpha value is -2.15. The number of carboxylic acids is 1. The fraction of sp³-hybridized carbons (Fsp3) is 0.154. The molecule has 1 atom stereocenters. The van der Waals surface area contributed by atoms with Gasteiger partial charge in [-0.2, -0.15) is 0 Å². The summed E-state index contributed by atoms with van der Waals surface area (Å²) in [6, 6.07) is 5.20. The monoisotopic (exact) mass is 336 g/mol. The first-order valence-electron chi connectivity index (χ1n) is 5.79. The second kappa shape index (κ2) is 5.09. The van der Waals surface area contributed by atoms with Crippen LogP contribution in [0.3, 0.4) is 0 Å². The van der Waals surface area contributed by atoms with Crippen molar-refractivity contribution in [3.8, 4) is 17.4 Å². The van der Waals surface area contributed by atoms with Gasteiger partial charge in [0.2, 0.25) is 5.88 Å². The Balaban J connectivity index is 1.83. The lowest BCUT2D eigenvalue weighted by molar-refractivity contribution is -0.144. The highest BCUT2D eigenvalue weighted by Crippen LogP contribution is 2.35. The number of halogens is 1. The largest absolute Gasteiger partial charge is 0.478 e. The fourth-order valence-electron chi connectivity index (χ4n) is 1.90. The molecule has 0 radical (unpaired) electrons. The number of hydrogen-bond acceptors (Lipinski definition) is 5. The fourth-order valence-corrected chi connectivity index (χ4v) is 2.20. The van der Waals surface area contributed by atoms with Crippen LogP contribution in [0.25, 0.3) is 0 Å². The van der Waals surface area contributed by atoms with Crippen LogP contribution in [0.1, 0.15) is 5.56 Å². The molecule has 1 aliphatic heterocycles. The normalized spacial score (nSPS) is 16.4. The van der Waals surface area contributed by atoms with Gasteiger partial charge in [0.15, 0.2) is 6.10 Å². The van der Waals surface area contributed by atoms with Crippen LogP contribution in [-0.4, -0.2) is 27.1 Å². The van der Waals surface area contributed by atoms with Crippen LogP contribution in [0.4, 0.5) is 0 Å². The van der Waals surface area contributed by atoms with E-state index in [1.165, 1.54) is 6.33 Å². The van der Waals surface area contributed by atoms with Gasteiger partial charge in [0, 0.05) is 18.7 Å². The summed E-state index contributed by atoms with van der Waals surface area (Å²) in [6.07, 6.45) is 2.49. The third-order valence-electron chi connectivity index (χ3n) is 2.84. The maximum atomic E-state index is 10.9. The van der Waals surface area contributed by atoms with Gasteiger partial charge in [-0.25, -0.2) is 14.8 Å². The minimum atomic E-state index is -0.970. The van der Waals surface area contributed by atoms with Crippen LogP contribution >= 0.6 is 15.9 Å². The first kappa shape index (κ1) is 12.9. The summed E-state index contributed by atoms with van der Waals surface area (Å²) in [5.74, 6) is 0.462. The highest BCUT2D eigenvalue weighted by atomic mass is 79.9. The van der Waals surface area contributed by atoms with Gasteiger partial charge in [0.1, 0.15) is 17.8 Å². The summed E-state index contributed by atoms with van der Waals surface area (Å²) >= 11 is 3.29. The lowest BCUT2D eigenvalue weighted by Crippen LogP contribution is -2.24. The first-order valence-corrected chi connectivity index (χ1v) is 6.58. The number of aromatic nitrogens is 2. The van der Waals surface area contributed by atoms with E-state index in [0.29, 0.717) is 28.3 Å². The van der Waals surface area contributed by atoms with Crippen molar-refractivity contribution in [3.05, 3.63) is 40.8 Å². The van der Waals surface area contributed by atoms with Gasteiger partial charge >= 0.3 is 5.97 Å². The van der Waals surface area contributed by atoms with Gasteiger partial charge in [0.25, 0.3) is 0 Å². The molecule has 20 heavy (non-hydrogen) atoms. The number of rotatable bonds is 3. The minimum absolute atomic E-state index is 0.363. The smallest absolute Gasteiger partial charge is 0.345 e. The van der Waals surface area contributed by atoms with E-state index in [-0.39, 0.29) is 0 Å². The molecule has 0 saturated carbocycles. The van der Waals surface area contributed by atoms with Crippen molar-refractivity contribution in [3.63, 3.8) is 0 Å². The van der Waals surface area contributed by atoms with Crippen molar-refractivity contribution in [1.82, 2.24) is 9.97 Å². The average Bonchev–Trinajstić information content (AvgIpc) is 2.85. The minimum Gasteiger partial charge on any atom is -0.478 e. The zero-order valence-corrected chi connectivity index (χ0v) is 11.7. The number of carboxylic acid groups (broad SMARTS) is 1. The molecule has 1 aliphatic rings. The molecule has 102 valence electrons. The van der Waals surface area contributed by atoms with Crippen molar-refractivity contribution < 1.29 is 19.4 Å². The first-order chi connectivity index (χ1) is 9.63. The van der Waals surface area contributed by atoms with E-state index in [1.807, 2.05) is 0 Å². The van der Waals surface area contributed by atoms with Crippen molar-refractivity contribution in [2.45, 2.75) is 12.5 Å². The summed E-state index contributed by atoms with van der Waals surface area (Å²) in [7, 11) is 0. The Labute approximate surface area is 122 Å². The van der Waals surface area contributed by atoms with Crippen LogP contribution in [0.5, 0.6) is 17.4 Å². The maximum absolute atomic E-state index is 10.9. The SMILES string of the molecule is O=C(O)C1Cc2ccc(Oc3ncncc3Br)cc2O1. The van der Waals surface area contributed by atoms with Gasteiger partial charge in [-0.1, -0.05) is 6.07 Å². The molecule has 0 amide bonds. The van der Waals surface area contributed by atoms with Crippen molar-refractivity contribution in [1.29, 1.82) is 0 Å². The topological polar surface area (TPSA) is 81.5 Å². The molecule has 1 aromatic heterocycles. The van der Waals surface area contributed by atoms with Gasteiger partial charge in [0.05, 0.1) is 4.47 Å². The number of ether oxygens (including phenoxy) is 2. The molecular weight excluding hydrogens is 328 g/mol. The number of nitrogens with zero attached hydrogens (tertiary/aromatic N) is 2. The highest BCUT2D eigenvalue weighted by Gasteiger charge is 2.29. The summed E-state index contributed by atoms with van der Waals surface area (Å²) in [5.41, 5.74) is 0.853. The van der Waals surface area contributed by atoms with E-state index in [1.54, 1.807) is 24.4 Å². The van der Waals surface area contributed by atoms with Crippen molar-refractivity contribution >= 4 is 21.9 Å². The Morgan fingerprint density at radius 3 is 3.10 bits per heavy atom. The van der Waals surface area contributed by atoms with E-state index >= 15 is 0 Å². The van der Waals surface area contributed by atoms with Gasteiger partial charge < -0.3 is 14.6 Å². The van der Waals surface area contributed by atoms with E-state index < -0.39 is 12.1 Å². The van der Waals surface area contributed by atoms with Crippen LogP contribution in [0.15, 0.2) is 35.2 Å². The van der Waals surface area contributed by atoms with E-state index in [4.69, 9.17) is 14.6 Å². The van der Waals surface area contributed by atoms with Gasteiger partial charge in [-0.05, 0) is 27.6 Å². The Morgan fingerprint density at radius 1 is 1.50 bits per heavy atom. The molecule has 7 heteroatoms. The molecule has 2 heterocycles. The lowest BCUT2D eigenvalue weighted by atomic mass is 10.1. The van der Waals surface area contributed by atoms with E-state index in [9.17, 15) is 4.79 Å². The second-order valence-electron chi connectivity index (χ2n) is 4.20. The summed E-state index contributed by atoms with van der Waals surface area (Å²) in [5, 5.41) is 8.95. The van der Waals surface area contributed by atoms with Crippen molar-refractivity contribution in [2.75, 3.05) is 0 Å². The number of benzene rings is 1. The number of carbonyl (C=O) groups is 1. The average molecular weight is 337 g/mol. The molecule has 1 aromatic carbocycles. The Bertz CT molecular complexity index is 677. The molecule has 0 saturated heterocycles. The molecule has 1 N–H and O–H groups in total. The third-order valence-corrected chi connectivity index (χ3v) is 3.38. The molecule has 2 aromatic rings. The lowest BCUT2D eigenvalue weighted by Gasteiger charge is -2.07. The second-order valence-corrected chi connectivity index (χ2v) is 5.05. The van der Waals surface area contributed by atoms with Crippen LogP contribution < -0.4 is 9.47 Å². The standard InChI is InChI=1S/C13H9BrN2O4/c14-9-5-15-6-16-12(9)19-8-2-1-7-3-11(13(17)18)20-10(7)4-8/h1-2,4-6,11H,3H2,(H,17,18). The van der Waals surface area contributed by atoms with Crippen LogP contribution in [0.2, 0.25) is 0 Å².